The minimum atomic E-state index is 0.0525. The summed E-state index contributed by atoms with van der Waals surface area (Å²) in [5.41, 5.74) is 2.89. The quantitative estimate of drug-likeness (QED) is 0.841. The predicted molar refractivity (Wildman–Crippen MR) is 91.0 cm³/mol. The number of hydrogen-bond donors (Lipinski definition) is 0. The summed E-state index contributed by atoms with van der Waals surface area (Å²) < 4.78 is 0. The van der Waals surface area contributed by atoms with Gasteiger partial charge in [-0.05, 0) is 38.4 Å². The van der Waals surface area contributed by atoms with Crippen molar-refractivity contribution in [1.29, 1.82) is 0 Å². The van der Waals surface area contributed by atoms with Crippen LogP contribution >= 0.6 is 0 Å². The number of hydrogen-bond acceptors (Lipinski definition) is 5. The molecule has 24 heavy (non-hydrogen) atoms. The first-order valence-electron chi connectivity index (χ1n) is 8.29. The first kappa shape index (κ1) is 16.5. The third kappa shape index (κ3) is 3.94. The second-order valence-electron chi connectivity index (χ2n) is 6.36. The number of rotatable bonds is 5. The number of carbonyl (C=O) groups excluding carboxylic acids is 1. The SMILES string of the molecule is Cc1cncc([C@@H]2CCCN2C(=O)CN(C)Cc2cccnc2)n1. The van der Waals surface area contributed by atoms with Crippen LogP contribution in [0.1, 0.15) is 35.8 Å². The Morgan fingerprint density at radius 3 is 2.96 bits per heavy atom. The number of aryl methyl sites for hydroxylation is 1. The van der Waals surface area contributed by atoms with Gasteiger partial charge in [0.2, 0.25) is 5.91 Å². The summed E-state index contributed by atoms with van der Waals surface area (Å²) in [6.07, 6.45) is 9.08. The lowest BCUT2D eigenvalue weighted by Gasteiger charge is -2.26. The van der Waals surface area contributed by atoms with Gasteiger partial charge in [0.1, 0.15) is 0 Å². The lowest BCUT2D eigenvalue weighted by Crippen LogP contribution is -2.38. The number of pyridine rings is 1. The van der Waals surface area contributed by atoms with Crippen molar-refractivity contribution >= 4 is 5.91 Å². The molecular formula is C18H23N5O. The van der Waals surface area contributed by atoms with Gasteiger partial charge >= 0.3 is 0 Å². The number of nitrogens with zero attached hydrogens (tertiary/aromatic N) is 5. The van der Waals surface area contributed by atoms with E-state index in [2.05, 4.69) is 15.0 Å². The number of likely N-dealkylation sites (tertiary alicyclic amines) is 1. The monoisotopic (exact) mass is 325 g/mol. The second kappa shape index (κ2) is 7.49. The summed E-state index contributed by atoms with van der Waals surface area (Å²) in [5, 5.41) is 0. The predicted octanol–water partition coefficient (Wildman–Crippen LogP) is 1.98. The van der Waals surface area contributed by atoms with Gasteiger partial charge in [0.05, 0.1) is 30.2 Å². The van der Waals surface area contributed by atoms with Gasteiger partial charge < -0.3 is 4.90 Å². The summed E-state index contributed by atoms with van der Waals surface area (Å²) in [6, 6.07) is 3.99. The lowest BCUT2D eigenvalue weighted by atomic mass is 10.1. The molecule has 1 saturated heterocycles. The van der Waals surface area contributed by atoms with Crippen molar-refractivity contribution in [2.75, 3.05) is 20.1 Å². The molecule has 1 fully saturated rings. The summed E-state index contributed by atoms with van der Waals surface area (Å²) in [4.78, 5) is 29.6. The third-order valence-electron chi connectivity index (χ3n) is 4.27. The third-order valence-corrected chi connectivity index (χ3v) is 4.27. The lowest BCUT2D eigenvalue weighted by molar-refractivity contribution is -0.133. The number of amides is 1. The molecule has 2 aromatic heterocycles. The summed E-state index contributed by atoms with van der Waals surface area (Å²) in [5.74, 6) is 0.146. The Balaban J connectivity index is 1.63. The zero-order valence-electron chi connectivity index (χ0n) is 14.2. The van der Waals surface area contributed by atoms with Crippen LogP contribution in [-0.2, 0) is 11.3 Å². The van der Waals surface area contributed by atoms with E-state index in [9.17, 15) is 4.79 Å². The minimum Gasteiger partial charge on any atom is -0.333 e. The Morgan fingerprint density at radius 2 is 2.21 bits per heavy atom. The van der Waals surface area contributed by atoms with Crippen molar-refractivity contribution in [2.24, 2.45) is 0 Å². The highest BCUT2D eigenvalue weighted by atomic mass is 16.2. The van der Waals surface area contributed by atoms with Crippen LogP contribution in [0.2, 0.25) is 0 Å². The van der Waals surface area contributed by atoms with Crippen LogP contribution in [-0.4, -0.2) is 50.8 Å². The molecule has 3 heterocycles. The molecule has 1 amide bonds. The Morgan fingerprint density at radius 1 is 1.33 bits per heavy atom. The average molecular weight is 325 g/mol. The van der Waals surface area contributed by atoms with Gasteiger partial charge in [0.25, 0.3) is 0 Å². The highest BCUT2D eigenvalue weighted by Gasteiger charge is 2.31. The summed E-state index contributed by atoms with van der Waals surface area (Å²) in [6.45, 7) is 3.83. The van der Waals surface area contributed by atoms with Crippen molar-refractivity contribution in [3.63, 3.8) is 0 Å². The van der Waals surface area contributed by atoms with E-state index in [4.69, 9.17) is 0 Å². The Hall–Kier alpha value is -2.34. The van der Waals surface area contributed by atoms with Gasteiger partial charge in [-0.3, -0.25) is 24.6 Å². The molecule has 1 atom stereocenters. The molecule has 2 aromatic rings. The molecule has 0 aromatic carbocycles. The number of aromatic nitrogens is 3. The smallest absolute Gasteiger partial charge is 0.237 e. The van der Waals surface area contributed by atoms with Gasteiger partial charge in [0, 0.05) is 31.7 Å². The summed E-state index contributed by atoms with van der Waals surface area (Å²) in [7, 11) is 1.96. The van der Waals surface area contributed by atoms with Crippen molar-refractivity contribution in [3.8, 4) is 0 Å². The van der Waals surface area contributed by atoms with E-state index in [1.54, 1.807) is 18.6 Å². The van der Waals surface area contributed by atoms with Gasteiger partial charge in [-0.1, -0.05) is 6.07 Å². The van der Waals surface area contributed by atoms with Gasteiger partial charge in [-0.15, -0.1) is 0 Å². The Kier molecular flexibility index (Phi) is 5.15. The fraction of sp³-hybridized carbons (Fsp3) is 0.444. The van der Waals surface area contributed by atoms with Crippen LogP contribution in [0.25, 0.3) is 0 Å². The van der Waals surface area contributed by atoms with Crippen molar-refractivity contribution in [3.05, 3.63) is 53.9 Å². The first-order valence-corrected chi connectivity index (χ1v) is 8.29. The molecule has 1 aliphatic heterocycles. The van der Waals surface area contributed by atoms with Crippen molar-refractivity contribution in [1.82, 2.24) is 24.8 Å². The molecule has 6 heteroatoms. The molecule has 0 unspecified atom stereocenters. The molecule has 6 nitrogen and oxygen atoms in total. The van der Waals surface area contributed by atoms with E-state index in [0.29, 0.717) is 13.1 Å². The molecule has 1 aliphatic rings. The highest BCUT2D eigenvalue weighted by Crippen LogP contribution is 2.30. The fourth-order valence-electron chi connectivity index (χ4n) is 3.20. The van der Waals surface area contributed by atoms with E-state index >= 15 is 0 Å². The van der Waals surface area contributed by atoms with Gasteiger partial charge in [-0.2, -0.15) is 0 Å². The molecule has 0 bridgehead atoms. The topological polar surface area (TPSA) is 62.2 Å². The normalized spacial score (nSPS) is 17.5. The molecule has 0 N–H and O–H groups in total. The van der Waals surface area contributed by atoms with Crippen LogP contribution in [0.4, 0.5) is 0 Å². The number of carbonyl (C=O) groups is 1. The molecule has 126 valence electrons. The summed E-state index contributed by atoms with van der Waals surface area (Å²) >= 11 is 0. The molecule has 3 rings (SSSR count). The maximum Gasteiger partial charge on any atom is 0.237 e. The van der Waals surface area contributed by atoms with E-state index in [1.807, 2.05) is 42.1 Å². The largest absolute Gasteiger partial charge is 0.333 e. The van der Waals surface area contributed by atoms with Crippen molar-refractivity contribution < 1.29 is 4.79 Å². The molecule has 0 radical (unpaired) electrons. The molecule has 0 spiro atoms. The zero-order valence-corrected chi connectivity index (χ0v) is 14.2. The first-order chi connectivity index (χ1) is 11.6. The highest BCUT2D eigenvalue weighted by molar-refractivity contribution is 5.79. The van der Waals surface area contributed by atoms with Crippen LogP contribution in [0, 0.1) is 6.92 Å². The average Bonchev–Trinajstić information content (AvgIpc) is 3.05. The Bertz CT molecular complexity index is 691. The maximum absolute atomic E-state index is 12.7. The van der Waals surface area contributed by atoms with E-state index in [-0.39, 0.29) is 11.9 Å². The van der Waals surface area contributed by atoms with E-state index in [0.717, 1.165) is 36.3 Å². The molecule has 0 saturated carbocycles. The number of likely N-dealkylation sites (N-methyl/N-ethyl adjacent to an activating group) is 1. The van der Waals surface area contributed by atoms with Crippen LogP contribution < -0.4 is 0 Å². The Labute approximate surface area is 142 Å². The second-order valence-corrected chi connectivity index (χ2v) is 6.36. The van der Waals surface area contributed by atoms with Crippen LogP contribution in [0.5, 0.6) is 0 Å². The maximum atomic E-state index is 12.7. The van der Waals surface area contributed by atoms with E-state index in [1.165, 1.54) is 0 Å². The standard InChI is InChI=1S/C18H23N5O/c1-14-9-20-11-16(21-14)17-6-4-8-23(17)18(24)13-22(2)12-15-5-3-7-19-10-15/h3,5,7,9-11,17H,4,6,8,12-13H2,1-2H3/t17-/m0/s1. The van der Waals surface area contributed by atoms with Gasteiger partial charge in [0.15, 0.2) is 0 Å². The van der Waals surface area contributed by atoms with E-state index < -0.39 is 0 Å². The van der Waals surface area contributed by atoms with Crippen LogP contribution in [0.15, 0.2) is 36.9 Å². The molecule has 0 aliphatic carbocycles. The van der Waals surface area contributed by atoms with Gasteiger partial charge in [-0.25, -0.2) is 0 Å². The zero-order chi connectivity index (χ0) is 16.9. The molecular weight excluding hydrogens is 302 g/mol. The fourth-order valence-corrected chi connectivity index (χ4v) is 3.20. The van der Waals surface area contributed by atoms with Crippen LogP contribution in [0.3, 0.4) is 0 Å². The van der Waals surface area contributed by atoms with Crippen molar-refractivity contribution in [2.45, 2.75) is 32.4 Å². The minimum absolute atomic E-state index is 0.0525.